The molecule has 1 N–H and O–H groups in total. The monoisotopic (exact) mass is 318 g/mol. The molecule has 6 heteroatoms. The second-order valence-electron chi connectivity index (χ2n) is 5.71. The number of aryl methyl sites for hydroxylation is 1. The highest BCUT2D eigenvalue weighted by Crippen LogP contribution is 2.35. The van der Waals surface area contributed by atoms with Gasteiger partial charge in [-0.2, -0.15) is 0 Å². The van der Waals surface area contributed by atoms with E-state index in [-0.39, 0.29) is 6.79 Å². The van der Waals surface area contributed by atoms with Crippen molar-refractivity contribution in [2.24, 2.45) is 0 Å². The van der Waals surface area contributed by atoms with Gasteiger partial charge in [0, 0.05) is 23.5 Å². The second kappa shape index (κ2) is 4.86. The Kier molecular flexibility index (Phi) is 2.67. The number of nitrogens with zero attached hydrogens (tertiary/aromatic N) is 3. The number of ether oxygens (including phenoxy) is 2. The molecule has 118 valence electrons. The number of nitrogens with one attached hydrogen (secondary N) is 1. The summed E-state index contributed by atoms with van der Waals surface area (Å²) in [5, 5.41) is 3.44. The summed E-state index contributed by atoms with van der Waals surface area (Å²) in [6, 6.07) is 15.8. The van der Waals surface area contributed by atoms with Gasteiger partial charge in [0.05, 0.1) is 11.0 Å². The van der Waals surface area contributed by atoms with Crippen molar-refractivity contribution >= 4 is 28.3 Å². The van der Waals surface area contributed by atoms with Crippen LogP contribution in [-0.2, 0) is 0 Å². The van der Waals surface area contributed by atoms with Gasteiger partial charge in [-0.15, -0.1) is 0 Å². The number of anilines is 2. The molecule has 4 aromatic rings. The first kappa shape index (κ1) is 13.2. The quantitative estimate of drug-likeness (QED) is 0.611. The van der Waals surface area contributed by atoms with E-state index in [1.165, 1.54) is 0 Å². The molecule has 0 unspecified atom stereocenters. The van der Waals surface area contributed by atoms with Gasteiger partial charge in [0.15, 0.2) is 11.5 Å². The van der Waals surface area contributed by atoms with Crippen LogP contribution in [0.25, 0.3) is 16.8 Å². The Morgan fingerprint density at radius 2 is 1.88 bits per heavy atom. The van der Waals surface area contributed by atoms with Crippen molar-refractivity contribution < 1.29 is 9.47 Å². The zero-order chi connectivity index (χ0) is 16.1. The largest absolute Gasteiger partial charge is 0.454 e. The predicted octanol–water partition coefficient (Wildman–Crippen LogP) is 3.66. The fourth-order valence-corrected chi connectivity index (χ4v) is 2.99. The first-order valence-corrected chi connectivity index (χ1v) is 7.69. The summed E-state index contributed by atoms with van der Waals surface area (Å²) >= 11 is 0. The summed E-state index contributed by atoms with van der Waals surface area (Å²) in [6.07, 6.45) is 0. The third-order valence-corrected chi connectivity index (χ3v) is 4.05. The lowest BCUT2D eigenvalue weighted by atomic mass is 10.2. The Morgan fingerprint density at radius 1 is 1.00 bits per heavy atom. The molecule has 24 heavy (non-hydrogen) atoms. The highest BCUT2D eigenvalue weighted by Gasteiger charge is 2.15. The number of hydrogen-bond acceptors (Lipinski definition) is 5. The molecule has 0 saturated heterocycles. The lowest BCUT2D eigenvalue weighted by Gasteiger charge is -2.11. The summed E-state index contributed by atoms with van der Waals surface area (Å²) in [6.45, 7) is 2.23. The number of benzene rings is 2. The van der Waals surface area contributed by atoms with Gasteiger partial charge in [-0.25, -0.2) is 9.97 Å². The zero-order valence-electron chi connectivity index (χ0n) is 13.0. The van der Waals surface area contributed by atoms with Crippen LogP contribution in [0.1, 0.15) is 5.69 Å². The molecule has 3 heterocycles. The van der Waals surface area contributed by atoms with Gasteiger partial charge >= 0.3 is 0 Å². The number of imidazole rings is 1. The van der Waals surface area contributed by atoms with Crippen molar-refractivity contribution in [3.8, 4) is 11.5 Å². The molecule has 0 aliphatic carbocycles. The number of hydrogen-bond donors (Lipinski definition) is 1. The molecular formula is C18H14N4O2. The van der Waals surface area contributed by atoms with E-state index < -0.39 is 0 Å². The highest BCUT2D eigenvalue weighted by molar-refractivity contribution is 5.82. The zero-order valence-corrected chi connectivity index (χ0v) is 13.0. The van der Waals surface area contributed by atoms with E-state index in [1.807, 2.05) is 59.9 Å². The standard InChI is InChI=1S/C18H14N4O2/c1-11-8-17(20-12-6-7-15-16(9-12)24-10-23-15)22-14-5-3-2-4-13(14)21-18(22)19-11/h2-9,20H,10H2,1H3. The van der Waals surface area contributed by atoms with E-state index in [1.54, 1.807) is 0 Å². The highest BCUT2D eigenvalue weighted by atomic mass is 16.7. The molecule has 0 radical (unpaired) electrons. The van der Waals surface area contributed by atoms with E-state index >= 15 is 0 Å². The molecule has 2 aromatic carbocycles. The van der Waals surface area contributed by atoms with Crippen LogP contribution in [0, 0.1) is 6.92 Å². The number of para-hydroxylation sites is 2. The van der Waals surface area contributed by atoms with E-state index in [0.717, 1.165) is 39.7 Å². The Balaban J connectivity index is 1.68. The molecule has 1 aliphatic heterocycles. The number of fused-ring (bicyclic) bond motifs is 4. The van der Waals surface area contributed by atoms with E-state index in [0.29, 0.717) is 5.78 Å². The molecule has 0 saturated carbocycles. The van der Waals surface area contributed by atoms with Crippen molar-refractivity contribution in [2.45, 2.75) is 6.92 Å². The normalized spacial score (nSPS) is 12.9. The van der Waals surface area contributed by atoms with Crippen molar-refractivity contribution in [1.82, 2.24) is 14.4 Å². The summed E-state index contributed by atoms with van der Waals surface area (Å²) in [4.78, 5) is 9.14. The third-order valence-electron chi connectivity index (χ3n) is 4.05. The maximum atomic E-state index is 5.45. The van der Waals surface area contributed by atoms with Crippen LogP contribution >= 0.6 is 0 Å². The van der Waals surface area contributed by atoms with Crippen LogP contribution in [0.3, 0.4) is 0 Å². The molecule has 0 amide bonds. The smallest absolute Gasteiger partial charge is 0.236 e. The predicted molar refractivity (Wildman–Crippen MR) is 91.1 cm³/mol. The minimum absolute atomic E-state index is 0.267. The lowest BCUT2D eigenvalue weighted by Crippen LogP contribution is -2.01. The van der Waals surface area contributed by atoms with Crippen LogP contribution in [-0.4, -0.2) is 21.2 Å². The SMILES string of the molecule is Cc1cc(Nc2ccc3c(c2)OCO3)n2c(n1)nc1ccccc12. The summed E-state index contributed by atoms with van der Waals surface area (Å²) < 4.78 is 12.8. The molecular weight excluding hydrogens is 304 g/mol. The molecule has 5 rings (SSSR count). The average molecular weight is 318 g/mol. The maximum absolute atomic E-state index is 5.45. The van der Waals surface area contributed by atoms with Gasteiger partial charge in [0.2, 0.25) is 12.6 Å². The minimum atomic E-state index is 0.267. The Morgan fingerprint density at radius 3 is 2.83 bits per heavy atom. The van der Waals surface area contributed by atoms with Crippen molar-refractivity contribution in [2.75, 3.05) is 12.1 Å². The molecule has 6 nitrogen and oxygen atoms in total. The summed E-state index contributed by atoms with van der Waals surface area (Å²) in [5.41, 5.74) is 3.76. The van der Waals surface area contributed by atoms with Crippen LogP contribution in [0.4, 0.5) is 11.5 Å². The van der Waals surface area contributed by atoms with Gasteiger partial charge in [0.25, 0.3) is 0 Å². The lowest BCUT2D eigenvalue weighted by molar-refractivity contribution is 0.174. The summed E-state index contributed by atoms with van der Waals surface area (Å²) in [7, 11) is 0. The minimum Gasteiger partial charge on any atom is -0.454 e. The maximum Gasteiger partial charge on any atom is 0.236 e. The van der Waals surface area contributed by atoms with Crippen molar-refractivity contribution in [3.63, 3.8) is 0 Å². The molecule has 0 atom stereocenters. The van der Waals surface area contributed by atoms with Gasteiger partial charge in [-0.05, 0) is 31.2 Å². The Labute approximate surface area is 137 Å². The molecule has 2 aromatic heterocycles. The Bertz CT molecular complexity index is 1090. The fraction of sp³-hybridized carbons (Fsp3) is 0.111. The van der Waals surface area contributed by atoms with E-state index in [4.69, 9.17) is 9.47 Å². The van der Waals surface area contributed by atoms with Gasteiger partial charge in [-0.1, -0.05) is 12.1 Å². The summed E-state index contributed by atoms with van der Waals surface area (Å²) in [5.74, 6) is 3.10. The van der Waals surface area contributed by atoms with Crippen molar-refractivity contribution in [3.05, 3.63) is 54.2 Å². The third kappa shape index (κ3) is 1.96. The first-order valence-electron chi connectivity index (χ1n) is 7.69. The van der Waals surface area contributed by atoms with Crippen LogP contribution in [0.5, 0.6) is 11.5 Å². The van der Waals surface area contributed by atoms with Crippen molar-refractivity contribution in [1.29, 1.82) is 0 Å². The molecule has 0 bridgehead atoms. The second-order valence-corrected chi connectivity index (χ2v) is 5.71. The van der Waals surface area contributed by atoms with Gasteiger partial charge in [0.1, 0.15) is 5.82 Å². The first-order chi connectivity index (χ1) is 11.8. The topological polar surface area (TPSA) is 60.7 Å². The number of rotatable bonds is 2. The number of aromatic nitrogens is 3. The Hall–Kier alpha value is -3.28. The van der Waals surface area contributed by atoms with Gasteiger partial charge < -0.3 is 14.8 Å². The average Bonchev–Trinajstić information content (AvgIpc) is 3.17. The van der Waals surface area contributed by atoms with Gasteiger partial charge in [-0.3, -0.25) is 4.40 Å². The van der Waals surface area contributed by atoms with Crippen LogP contribution in [0.2, 0.25) is 0 Å². The van der Waals surface area contributed by atoms with E-state index in [9.17, 15) is 0 Å². The van der Waals surface area contributed by atoms with Crippen LogP contribution in [0.15, 0.2) is 48.5 Å². The molecule has 0 spiro atoms. The van der Waals surface area contributed by atoms with E-state index in [2.05, 4.69) is 15.3 Å². The van der Waals surface area contributed by atoms with Crippen LogP contribution < -0.4 is 14.8 Å². The fourth-order valence-electron chi connectivity index (χ4n) is 2.99. The molecule has 0 fully saturated rings. The molecule has 1 aliphatic rings.